The molecule has 4 aromatic carbocycles. The summed E-state index contributed by atoms with van der Waals surface area (Å²) in [5.74, 6) is 0. The number of aryl methyl sites for hydroxylation is 1. The Balaban J connectivity index is 1.59. The molecule has 0 amide bonds. The van der Waals surface area contributed by atoms with E-state index in [0.717, 1.165) is 50.0 Å². The fraction of sp³-hybridized carbons (Fsp3) is 0.0303. The van der Waals surface area contributed by atoms with Crippen LogP contribution in [-0.4, -0.2) is 4.98 Å². The lowest BCUT2D eigenvalue weighted by atomic mass is 9.90. The van der Waals surface area contributed by atoms with Gasteiger partial charge in [0.2, 0.25) is 5.69 Å². The van der Waals surface area contributed by atoms with Crippen molar-refractivity contribution in [2.24, 2.45) is 7.05 Å². The Morgan fingerprint density at radius 1 is 0.639 bits per heavy atom. The average Bonchev–Trinajstić information content (AvgIpc) is 3.29. The fourth-order valence-electron chi connectivity index (χ4n) is 5.26. The van der Waals surface area contributed by atoms with Gasteiger partial charge < -0.3 is 4.42 Å². The molecule has 0 aliphatic carbocycles. The molecular formula is C33H23N2O+. The molecule has 0 atom stereocenters. The van der Waals surface area contributed by atoms with Crippen LogP contribution in [0.25, 0.3) is 66.4 Å². The highest BCUT2D eigenvalue weighted by Gasteiger charge is 2.22. The molecule has 7 aromatic rings. The molecule has 0 saturated carbocycles. The summed E-state index contributed by atoms with van der Waals surface area (Å²) in [5, 5.41) is 4.60. The van der Waals surface area contributed by atoms with Gasteiger partial charge in [-0.25, -0.2) is 4.57 Å². The molecule has 170 valence electrons. The smallest absolute Gasteiger partial charge is 0.212 e. The van der Waals surface area contributed by atoms with Gasteiger partial charge in [-0.2, -0.15) is 0 Å². The summed E-state index contributed by atoms with van der Waals surface area (Å²) in [4.78, 5) is 4.77. The Kier molecular flexibility index (Phi) is 4.68. The van der Waals surface area contributed by atoms with Crippen LogP contribution in [0.1, 0.15) is 0 Å². The predicted molar refractivity (Wildman–Crippen MR) is 147 cm³/mol. The Morgan fingerprint density at radius 2 is 1.39 bits per heavy atom. The average molecular weight is 464 g/mol. The quantitative estimate of drug-likeness (QED) is 0.249. The Morgan fingerprint density at radius 3 is 2.19 bits per heavy atom. The van der Waals surface area contributed by atoms with Crippen molar-refractivity contribution in [3.05, 3.63) is 122 Å². The van der Waals surface area contributed by atoms with Crippen LogP contribution in [0.4, 0.5) is 0 Å². The van der Waals surface area contributed by atoms with Crippen molar-refractivity contribution >= 4 is 32.7 Å². The van der Waals surface area contributed by atoms with Gasteiger partial charge in [-0.3, -0.25) is 4.98 Å². The molecule has 0 fully saturated rings. The first-order valence-corrected chi connectivity index (χ1v) is 12.1. The number of hydrogen-bond acceptors (Lipinski definition) is 2. The molecule has 0 aliphatic rings. The van der Waals surface area contributed by atoms with Crippen LogP contribution in [0.3, 0.4) is 0 Å². The minimum atomic E-state index is 0.865. The Labute approximate surface area is 208 Å². The third-order valence-electron chi connectivity index (χ3n) is 6.98. The minimum Gasteiger partial charge on any atom is -0.455 e. The molecule has 0 saturated heterocycles. The van der Waals surface area contributed by atoms with Crippen LogP contribution in [0.5, 0.6) is 0 Å². The molecule has 0 unspecified atom stereocenters. The summed E-state index contributed by atoms with van der Waals surface area (Å²) in [7, 11) is 2.08. The van der Waals surface area contributed by atoms with Crippen molar-refractivity contribution in [3.63, 3.8) is 0 Å². The van der Waals surface area contributed by atoms with Crippen LogP contribution in [0.2, 0.25) is 0 Å². The number of rotatable bonds is 3. The predicted octanol–water partition coefficient (Wildman–Crippen LogP) is 7.96. The molecule has 3 aromatic heterocycles. The van der Waals surface area contributed by atoms with E-state index < -0.39 is 0 Å². The summed E-state index contributed by atoms with van der Waals surface area (Å²) >= 11 is 0. The maximum atomic E-state index is 6.63. The van der Waals surface area contributed by atoms with Crippen molar-refractivity contribution < 1.29 is 8.98 Å². The number of furan rings is 1. The second-order valence-electron chi connectivity index (χ2n) is 9.12. The van der Waals surface area contributed by atoms with E-state index in [2.05, 4.69) is 115 Å². The number of aromatic nitrogens is 2. The lowest BCUT2D eigenvalue weighted by molar-refractivity contribution is -0.660. The van der Waals surface area contributed by atoms with Gasteiger partial charge in [-0.15, -0.1) is 0 Å². The van der Waals surface area contributed by atoms with Gasteiger partial charge in [0.15, 0.2) is 6.20 Å². The molecule has 7 rings (SSSR count). The first kappa shape index (κ1) is 20.6. The van der Waals surface area contributed by atoms with Crippen molar-refractivity contribution in [3.8, 4) is 33.6 Å². The molecule has 0 aliphatic heterocycles. The van der Waals surface area contributed by atoms with E-state index in [4.69, 9.17) is 9.40 Å². The molecule has 0 bridgehead atoms. The zero-order valence-electron chi connectivity index (χ0n) is 19.8. The molecular weight excluding hydrogens is 440 g/mol. The Hall–Kier alpha value is -4.76. The number of pyridine rings is 2. The number of nitrogens with zero attached hydrogens (tertiary/aromatic N) is 2. The lowest BCUT2D eigenvalue weighted by Crippen LogP contribution is -2.30. The van der Waals surface area contributed by atoms with Gasteiger partial charge in [-0.1, -0.05) is 54.6 Å². The second-order valence-corrected chi connectivity index (χ2v) is 9.12. The number of fused-ring (bicyclic) bond motifs is 4. The van der Waals surface area contributed by atoms with E-state index in [0.29, 0.717) is 0 Å². The third kappa shape index (κ3) is 3.21. The monoisotopic (exact) mass is 463 g/mol. The first-order valence-electron chi connectivity index (χ1n) is 12.1. The van der Waals surface area contributed by atoms with Crippen LogP contribution < -0.4 is 4.57 Å². The SMILES string of the molecule is C[n+]1ccccc1-c1ccccc1-c1ccc2c(oc3cc4ccccc4cc32)c1-c1ccccn1. The van der Waals surface area contributed by atoms with Gasteiger partial charge in [0, 0.05) is 29.1 Å². The van der Waals surface area contributed by atoms with E-state index in [9.17, 15) is 0 Å². The molecule has 0 N–H and O–H groups in total. The van der Waals surface area contributed by atoms with Gasteiger partial charge in [0.05, 0.1) is 16.8 Å². The van der Waals surface area contributed by atoms with Crippen molar-refractivity contribution in [2.45, 2.75) is 0 Å². The fourth-order valence-corrected chi connectivity index (χ4v) is 5.26. The van der Waals surface area contributed by atoms with Gasteiger partial charge in [0.25, 0.3) is 0 Å². The Bertz CT molecular complexity index is 1900. The van der Waals surface area contributed by atoms with Crippen LogP contribution in [0.15, 0.2) is 126 Å². The topological polar surface area (TPSA) is 29.9 Å². The third-order valence-corrected chi connectivity index (χ3v) is 6.98. The first-order chi connectivity index (χ1) is 17.8. The highest BCUT2D eigenvalue weighted by atomic mass is 16.3. The van der Waals surface area contributed by atoms with Gasteiger partial charge in [0.1, 0.15) is 18.2 Å². The van der Waals surface area contributed by atoms with Crippen LogP contribution in [-0.2, 0) is 7.05 Å². The van der Waals surface area contributed by atoms with Crippen LogP contribution in [0, 0.1) is 0 Å². The van der Waals surface area contributed by atoms with Gasteiger partial charge in [-0.05, 0) is 64.4 Å². The zero-order chi connectivity index (χ0) is 24.1. The minimum absolute atomic E-state index is 0.865. The molecule has 36 heavy (non-hydrogen) atoms. The van der Waals surface area contributed by atoms with E-state index in [-0.39, 0.29) is 0 Å². The summed E-state index contributed by atoms with van der Waals surface area (Å²) in [6.07, 6.45) is 3.93. The maximum Gasteiger partial charge on any atom is 0.212 e. The largest absolute Gasteiger partial charge is 0.455 e. The van der Waals surface area contributed by atoms with Crippen molar-refractivity contribution in [1.29, 1.82) is 0 Å². The van der Waals surface area contributed by atoms with E-state index in [1.165, 1.54) is 16.3 Å². The van der Waals surface area contributed by atoms with Crippen molar-refractivity contribution in [2.75, 3.05) is 0 Å². The van der Waals surface area contributed by atoms with E-state index in [1.54, 1.807) is 0 Å². The molecule has 3 heteroatoms. The number of benzene rings is 4. The summed E-state index contributed by atoms with van der Waals surface area (Å²) in [6, 6.07) is 38.1. The standard InChI is InChI=1S/C33H23N2O/c1-35-19-9-7-15-30(35)25-13-5-4-12-24(25)26-16-17-27-28-20-22-10-2-3-11-23(22)21-31(28)36-33(27)32(26)29-14-6-8-18-34-29/h2-21H,1H3/q+1. The normalized spacial score (nSPS) is 11.5. The van der Waals surface area contributed by atoms with E-state index >= 15 is 0 Å². The highest BCUT2D eigenvalue weighted by molar-refractivity contribution is 6.15. The highest BCUT2D eigenvalue weighted by Crippen LogP contribution is 2.44. The molecule has 0 spiro atoms. The van der Waals surface area contributed by atoms with Crippen LogP contribution >= 0.6 is 0 Å². The lowest BCUT2D eigenvalue weighted by Gasteiger charge is -2.13. The number of hydrogen-bond donors (Lipinski definition) is 0. The molecule has 0 radical (unpaired) electrons. The second kappa shape index (κ2) is 8.17. The van der Waals surface area contributed by atoms with Crippen molar-refractivity contribution in [1.82, 2.24) is 4.98 Å². The summed E-state index contributed by atoms with van der Waals surface area (Å²) < 4.78 is 8.79. The maximum absolute atomic E-state index is 6.63. The van der Waals surface area contributed by atoms with Gasteiger partial charge >= 0.3 is 0 Å². The molecule has 3 heterocycles. The summed E-state index contributed by atoms with van der Waals surface area (Å²) in [6.45, 7) is 0. The summed E-state index contributed by atoms with van der Waals surface area (Å²) in [5.41, 5.74) is 8.23. The molecule has 3 nitrogen and oxygen atoms in total. The zero-order valence-corrected chi connectivity index (χ0v) is 19.8. The van der Waals surface area contributed by atoms with E-state index in [1.807, 2.05) is 18.3 Å².